The number of amides is 1. The summed E-state index contributed by atoms with van der Waals surface area (Å²) in [6.07, 6.45) is 8.76. The molecular formula is C17H19N5O. The number of pyridine rings is 1. The second-order valence-corrected chi connectivity index (χ2v) is 6.26. The van der Waals surface area contributed by atoms with Crippen molar-refractivity contribution >= 4 is 11.9 Å². The molecule has 0 N–H and O–H groups in total. The van der Waals surface area contributed by atoms with E-state index < -0.39 is 0 Å². The van der Waals surface area contributed by atoms with E-state index in [9.17, 15) is 4.79 Å². The van der Waals surface area contributed by atoms with Crippen molar-refractivity contribution in [2.75, 3.05) is 11.4 Å². The number of rotatable bonds is 3. The van der Waals surface area contributed by atoms with E-state index in [0.29, 0.717) is 13.0 Å². The molecule has 0 unspecified atom stereocenters. The first-order chi connectivity index (χ1) is 11.2. The van der Waals surface area contributed by atoms with Crippen molar-refractivity contribution in [2.24, 2.45) is 0 Å². The van der Waals surface area contributed by atoms with Gasteiger partial charge in [0.25, 0.3) is 0 Å². The Morgan fingerprint density at radius 2 is 2.04 bits per heavy atom. The zero-order valence-corrected chi connectivity index (χ0v) is 13.1. The fourth-order valence-corrected chi connectivity index (χ4v) is 3.60. The van der Waals surface area contributed by atoms with Crippen LogP contribution in [0.4, 0.5) is 5.95 Å². The van der Waals surface area contributed by atoms with E-state index in [1.165, 1.54) is 0 Å². The van der Waals surface area contributed by atoms with Crippen molar-refractivity contribution in [2.45, 2.75) is 38.4 Å². The summed E-state index contributed by atoms with van der Waals surface area (Å²) >= 11 is 0. The molecule has 2 fully saturated rings. The predicted molar refractivity (Wildman–Crippen MR) is 85.7 cm³/mol. The van der Waals surface area contributed by atoms with Crippen LogP contribution in [0.15, 0.2) is 36.9 Å². The number of carbonyl (C=O) groups excluding carboxylic acids is 1. The zero-order valence-electron chi connectivity index (χ0n) is 13.1. The third-order valence-electron chi connectivity index (χ3n) is 4.71. The van der Waals surface area contributed by atoms with E-state index in [4.69, 9.17) is 0 Å². The number of hydrogen-bond acceptors (Lipinski definition) is 5. The maximum absolute atomic E-state index is 12.5. The van der Waals surface area contributed by atoms with E-state index in [2.05, 4.69) is 19.9 Å². The Kier molecular flexibility index (Phi) is 3.44. The highest BCUT2D eigenvalue weighted by Gasteiger charge is 2.47. The van der Waals surface area contributed by atoms with Gasteiger partial charge in [-0.3, -0.25) is 9.78 Å². The Bertz CT molecular complexity index is 703. The number of carbonyl (C=O) groups is 1. The summed E-state index contributed by atoms with van der Waals surface area (Å²) in [5.41, 5.74) is 2.12. The summed E-state index contributed by atoms with van der Waals surface area (Å²) in [6.45, 7) is 3.51. The fourth-order valence-electron chi connectivity index (χ4n) is 3.60. The van der Waals surface area contributed by atoms with Crippen LogP contribution in [0.25, 0.3) is 0 Å². The number of nitrogens with zero attached hydrogens (tertiary/aromatic N) is 5. The number of anilines is 1. The van der Waals surface area contributed by atoms with Gasteiger partial charge >= 0.3 is 0 Å². The molecule has 2 atom stereocenters. The summed E-state index contributed by atoms with van der Waals surface area (Å²) < 4.78 is 0. The van der Waals surface area contributed by atoms with E-state index in [-0.39, 0.29) is 18.0 Å². The summed E-state index contributed by atoms with van der Waals surface area (Å²) in [7, 11) is 0. The van der Waals surface area contributed by atoms with Crippen molar-refractivity contribution in [3.63, 3.8) is 0 Å². The first kappa shape index (κ1) is 14.1. The number of likely N-dealkylation sites (tertiary alicyclic amines) is 1. The molecule has 0 aromatic carbocycles. The van der Waals surface area contributed by atoms with Gasteiger partial charge < -0.3 is 9.80 Å². The topological polar surface area (TPSA) is 62.2 Å². The second kappa shape index (κ2) is 5.61. The standard InChI is InChI=1S/C17H19N5O/c1-12-8-19-17(20-9-12)21-6-4-14-15(21)7-16(23)22(14)11-13-3-2-5-18-10-13/h2-3,5,8-10,14-15H,4,6-7,11H2,1H3/t14-,15-/m1/s1. The highest BCUT2D eigenvalue weighted by Crippen LogP contribution is 2.35. The molecule has 4 heterocycles. The SMILES string of the molecule is Cc1cnc(N2CC[C@@H]3[C@H]2CC(=O)N3Cc2cccnc2)nc1. The van der Waals surface area contributed by atoms with Crippen molar-refractivity contribution in [3.8, 4) is 0 Å². The molecule has 0 spiro atoms. The summed E-state index contributed by atoms with van der Waals surface area (Å²) in [5.74, 6) is 0.944. The average molecular weight is 309 g/mol. The lowest BCUT2D eigenvalue weighted by molar-refractivity contribution is -0.129. The van der Waals surface area contributed by atoms with Gasteiger partial charge in [-0.05, 0) is 30.5 Å². The molecule has 2 aromatic heterocycles. The lowest BCUT2D eigenvalue weighted by Gasteiger charge is -2.25. The molecule has 0 saturated carbocycles. The van der Waals surface area contributed by atoms with Gasteiger partial charge in [-0.15, -0.1) is 0 Å². The van der Waals surface area contributed by atoms with Crippen LogP contribution in [0.5, 0.6) is 0 Å². The molecule has 2 aromatic rings. The summed E-state index contributed by atoms with van der Waals surface area (Å²) in [6, 6.07) is 4.35. The molecule has 0 radical (unpaired) electrons. The lowest BCUT2D eigenvalue weighted by atomic mass is 10.1. The Balaban J connectivity index is 1.54. The Hall–Kier alpha value is -2.50. The Labute approximate surface area is 135 Å². The quantitative estimate of drug-likeness (QED) is 0.861. The molecule has 6 nitrogen and oxygen atoms in total. The van der Waals surface area contributed by atoms with Crippen LogP contribution in [0.2, 0.25) is 0 Å². The predicted octanol–water partition coefficient (Wildman–Crippen LogP) is 1.56. The lowest BCUT2D eigenvalue weighted by Crippen LogP contribution is -2.37. The number of aryl methyl sites for hydroxylation is 1. The third kappa shape index (κ3) is 2.54. The molecule has 4 rings (SSSR count). The van der Waals surface area contributed by atoms with Crippen LogP contribution < -0.4 is 4.90 Å². The highest BCUT2D eigenvalue weighted by molar-refractivity contribution is 5.81. The van der Waals surface area contributed by atoms with Crippen molar-refractivity contribution in [1.82, 2.24) is 19.9 Å². The number of fused-ring (bicyclic) bond motifs is 1. The van der Waals surface area contributed by atoms with E-state index in [0.717, 1.165) is 30.0 Å². The number of aromatic nitrogens is 3. The smallest absolute Gasteiger partial charge is 0.225 e. The Morgan fingerprint density at radius 1 is 1.22 bits per heavy atom. The van der Waals surface area contributed by atoms with Crippen molar-refractivity contribution < 1.29 is 4.79 Å². The van der Waals surface area contributed by atoms with Gasteiger partial charge in [0.1, 0.15) is 0 Å². The molecule has 0 bridgehead atoms. The van der Waals surface area contributed by atoms with Gasteiger partial charge in [-0.2, -0.15) is 0 Å². The molecule has 2 aliphatic rings. The molecule has 118 valence electrons. The second-order valence-electron chi connectivity index (χ2n) is 6.26. The average Bonchev–Trinajstić information content (AvgIpc) is 3.10. The molecule has 1 amide bonds. The molecule has 2 saturated heterocycles. The first-order valence-corrected chi connectivity index (χ1v) is 7.96. The van der Waals surface area contributed by atoms with Crippen LogP contribution in [0.1, 0.15) is 24.0 Å². The van der Waals surface area contributed by atoms with Crippen molar-refractivity contribution in [1.29, 1.82) is 0 Å². The van der Waals surface area contributed by atoms with Gasteiger partial charge in [-0.1, -0.05) is 6.07 Å². The molecule has 2 aliphatic heterocycles. The molecular weight excluding hydrogens is 290 g/mol. The maximum Gasteiger partial charge on any atom is 0.225 e. The zero-order chi connectivity index (χ0) is 15.8. The fraction of sp³-hybridized carbons (Fsp3) is 0.412. The van der Waals surface area contributed by atoms with Crippen LogP contribution in [0.3, 0.4) is 0 Å². The van der Waals surface area contributed by atoms with Crippen LogP contribution in [-0.2, 0) is 11.3 Å². The van der Waals surface area contributed by atoms with Gasteiger partial charge in [0.15, 0.2) is 0 Å². The molecule has 0 aliphatic carbocycles. The molecule has 23 heavy (non-hydrogen) atoms. The Morgan fingerprint density at radius 3 is 2.78 bits per heavy atom. The summed E-state index contributed by atoms with van der Waals surface area (Å²) in [4.78, 5) is 29.6. The van der Waals surface area contributed by atoms with Gasteiger partial charge in [0, 0.05) is 44.3 Å². The summed E-state index contributed by atoms with van der Waals surface area (Å²) in [5, 5.41) is 0. The van der Waals surface area contributed by atoms with E-state index >= 15 is 0 Å². The normalized spacial score (nSPS) is 23.4. The molecule has 6 heteroatoms. The minimum Gasteiger partial charge on any atom is -0.335 e. The van der Waals surface area contributed by atoms with Crippen molar-refractivity contribution in [3.05, 3.63) is 48.0 Å². The van der Waals surface area contributed by atoms with E-state index in [1.54, 1.807) is 6.20 Å². The third-order valence-corrected chi connectivity index (χ3v) is 4.71. The van der Waals surface area contributed by atoms with Gasteiger partial charge in [-0.25, -0.2) is 9.97 Å². The van der Waals surface area contributed by atoms with E-state index in [1.807, 2.05) is 42.5 Å². The van der Waals surface area contributed by atoms with Gasteiger partial charge in [0.2, 0.25) is 11.9 Å². The minimum absolute atomic E-state index is 0.182. The van der Waals surface area contributed by atoms with Crippen LogP contribution in [0, 0.1) is 6.92 Å². The monoisotopic (exact) mass is 309 g/mol. The maximum atomic E-state index is 12.5. The largest absolute Gasteiger partial charge is 0.335 e. The minimum atomic E-state index is 0.182. The van der Waals surface area contributed by atoms with Crippen LogP contribution >= 0.6 is 0 Å². The van der Waals surface area contributed by atoms with Crippen LogP contribution in [-0.4, -0.2) is 44.4 Å². The number of hydrogen-bond donors (Lipinski definition) is 0. The highest BCUT2D eigenvalue weighted by atomic mass is 16.2. The first-order valence-electron chi connectivity index (χ1n) is 7.96. The van der Waals surface area contributed by atoms with Gasteiger partial charge in [0.05, 0.1) is 12.1 Å².